The number of carbonyl (C=O) groups is 1. The van der Waals surface area contributed by atoms with Crippen LogP contribution in [0.1, 0.15) is 42.7 Å². The van der Waals surface area contributed by atoms with Crippen LogP contribution in [0.25, 0.3) is 33.6 Å². The Balaban J connectivity index is 1.88. The average molecular weight is 404 g/mol. The number of carboxylic acids is 1. The molecule has 0 radical (unpaired) electrons. The van der Waals surface area contributed by atoms with Crippen molar-refractivity contribution in [2.75, 3.05) is 0 Å². The summed E-state index contributed by atoms with van der Waals surface area (Å²) in [6.45, 7) is 6.33. The van der Waals surface area contributed by atoms with E-state index in [0.717, 1.165) is 22.1 Å². The maximum atomic E-state index is 12.6. The third-order valence-electron chi connectivity index (χ3n) is 5.87. The van der Waals surface area contributed by atoms with Gasteiger partial charge in [-0.3, -0.25) is 4.79 Å². The van der Waals surface area contributed by atoms with Crippen LogP contribution >= 0.6 is 0 Å². The third-order valence-corrected chi connectivity index (χ3v) is 5.87. The minimum absolute atomic E-state index is 0.0343. The molecule has 30 heavy (non-hydrogen) atoms. The highest BCUT2D eigenvalue weighted by Crippen LogP contribution is 2.47. The van der Waals surface area contributed by atoms with Crippen LogP contribution in [0.5, 0.6) is 0 Å². The molecule has 0 unspecified atom stereocenters. The first kappa shape index (κ1) is 18.4. The van der Waals surface area contributed by atoms with Crippen molar-refractivity contribution in [2.24, 2.45) is 5.41 Å². The van der Waals surface area contributed by atoms with E-state index < -0.39 is 11.4 Å². The zero-order chi connectivity index (χ0) is 21.2. The Hall–Kier alpha value is -3.61. The summed E-state index contributed by atoms with van der Waals surface area (Å²) in [5.41, 5.74) is 3.16. The minimum atomic E-state index is -1.22. The van der Waals surface area contributed by atoms with Crippen LogP contribution in [0.2, 0.25) is 0 Å². The van der Waals surface area contributed by atoms with E-state index in [1.54, 1.807) is 12.5 Å². The van der Waals surface area contributed by atoms with Gasteiger partial charge in [0.1, 0.15) is 11.1 Å². The van der Waals surface area contributed by atoms with Gasteiger partial charge in [-0.1, -0.05) is 20.8 Å². The summed E-state index contributed by atoms with van der Waals surface area (Å²) >= 11 is 0. The summed E-state index contributed by atoms with van der Waals surface area (Å²) in [5, 5.41) is 10.4. The minimum Gasteiger partial charge on any atom is -0.477 e. The second-order valence-corrected chi connectivity index (χ2v) is 8.71. The lowest BCUT2D eigenvalue weighted by Crippen LogP contribution is -2.32. The highest BCUT2D eigenvalue weighted by molar-refractivity contribution is 5.99. The number of carboxylic acid groups (broad SMARTS) is 1. The molecule has 1 atom stereocenters. The first-order valence-corrected chi connectivity index (χ1v) is 9.67. The lowest BCUT2D eigenvalue weighted by Gasteiger charge is -2.39. The first-order chi connectivity index (χ1) is 14.3. The Morgan fingerprint density at radius 3 is 2.70 bits per heavy atom. The number of oxazole rings is 1. The molecule has 3 aromatic heterocycles. The van der Waals surface area contributed by atoms with E-state index in [-0.39, 0.29) is 17.0 Å². The normalized spacial score (nSPS) is 15.8. The Bertz CT molecular complexity index is 1350. The molecule has 7 nitrogen and oxygen atoms in total. The number of hydrogen-bond donors (Lipinski definition) is 1. The Morgan fingerprint density at radius 2 is 2.03 bits per heavy atom. The number of furan rings is 1. The summed E-state index contributed by atoms with van der Waals surface area (Å²) < 4.78 is 13.2. The highest BCUT2D eigenvalue weighted by Gasteiger charge is 2.35. The fraction of sp³-hybridized carbons (Fsp3) is 0.261. The Labute approximate surface area is 171 Å². The molecule has 4 heterocycles. The molecule has 7 heteroatoms. The molecule has 0 saturated heterocycles. The van der Waals surface area contributed by atoms with Crippen LogP contribution < -0.4 is 5.43 Å². The summed E-state index contributed by atoms with van der Waals surface area (Å²) in [6, 6.07) is 5.25. The maximum Gasteiger partial charge on any atom is 0.341 e. The predicted octanol–water partition coefficient (Wildman–Crippen LogP) is 4.76. The number of aromatic carboxylic acids is 1. The number of hydrogen-bond acceptors (Lipinski definition) is 5. The van der Waals surface area contributed by atoms with E-state index in [1.807, 2.05) is 16.7 Å². The van der Waals surface area contributed by atoms with E-state index in [1.165, 1.54) is 18.7 Å². The summed E-state index contributed by atoms with van der Waals surface area (Å²) in [4.78, 5) is 28.2. The molecule has 0 saturated carbocycles. The molecule has 1 aliphatic rings. The molecule has 0 amide bonds. The molecule has 5 rings (SSSR count). The van der Waals surface area contributed by atoms with Crippen molar-refractivity contribution in [1.82, 2.24) is 9.55 Å². The molecule has 0 fully saturated rings. The summed E-state index contributed by atoms with van der Waals surface area (Å²) in [5.74, 6) is -0.659. The second-order valence-electron chi connectivity index (χ2n) is 8.71. The van der Waals surface area contributed by atoms with Gasteiger partial charge in [0.2, 0.25) is 0 Å². The van der Waals surface area contributed by atoms with Gasteiger partial charge < -0.3 is 18.5 Å². The van der Waals surface area contributed by atoms with Gasteiger partial charge in [-0.05, 0) is 29.5 Å². The smallest absolute Gasteiger partial charge is 0.341 e. The van der Waals surface area contributed by atoms with Crippen LogP contribution in [0.3, 0.4) is 0 Å². The van der Waals surface area contributed by atoms with E-state index in [4.69, 9.17) is 8.83 Å². The van der Waals surface area contributed by atoms with E-state index in [9.17, 15) is 14.7 Å². The van der Waals surface area contributed by atoms with Crippen LogP contribution in [0.4, 0.5) is 0 Å². The highest BCUT2D eigenvalue weighted by atomic mass is 16.4. The molecule has 0 spiro atoms. The average Bonchev–Trinajstić information content (AvgIpc) is 3.37. The number of aromatic nitrogens is 2. The zero-order valence-corrected chi connectivity index (χ0v) is 16.8. The van der Waals surface area contributed by atoms with E-state index in [0.29, 0.717) is 23.5 Å². The van der Waals surface area contributed by atoms with Crippen LogP contribution in [-0.4, -0.2) is 20.6 Å². The monoisotopic (exact) mass is 404 g/mol. The number of rotatable bonds is 2. The summed E-state index contributed by atoms with van der Waals surface area (Å²) in [6.07, 6.45) is 6.78. The number of fused-ring (bicyclic) bond motifs is 5. The molecule has 152 valence electrons. The first-order valence-electron chi connectivity index (χ1n) is 9.67. The molecule has 0 aliphatic carbocycles. The quantitative estimate of drug-likeness (QED) is 0.517. The van der Waals surface area contributed by atoms with Crippen LogP contribution in [0, 0.1) is 5.41 Å². The van der Waals surface area contributed by atoms with Gasteiger partial charge in [0, 0.05) is 29.3 Å². The lowest BCUT2D eigenvalue weighted by molar-refractivity contribution is 0.0693. The van der Waals surface area contributed by atoms with Crippen molar-refractivity contribution in [3.05, 3.63) is 64.6 Å². The van der Waals surface area contributed by atoms with Gasteiger partial charge >= 0.3 is 5.97 Å². The molecule has 1 aliphatic heterocycles. The second kappa shape index (κ2) is 6.19. The molecule has 1 N–H and O–H groups in total. The third kappa shape index (κ3) is 2.62. The van der Waals surface area contributed by atoms with Gasteiger partial charge in [-0.25, -0.2) is 9.78 Å². The van der Waals surface area contributed by atoms with Gasteiger partial charge in [0.25, 0.3) is 0 Å². The standard InChI is InChI=1S/C23H20N2O5/c1-23(2,3)20-7-13-12-4-5-29-21(12)15(19-9-24-11-30-19)6-14(13)17-8-18(26)16(22(27)28)10-25(17)20/h4-6,8-11,20H,7H2,1-3H3,(H,27,28)/t20-/m0/s1. The fourth-order valence-corrected chi connectivity index (χ4v) is 4.38. The Morgan fingerprint density at radius 1 is 1.23 bits per heavy atom. The maximum absolute atomic E-state index is 12.6. The number of benzene rings is 1. The molecule has 0 bridgehead atoms. The summed E-state index contributed by atoms with van der Waals surface area (Å²) in [7, 11) is 0. The van der Waals surface area contributed by atoms with Crippen molar-refractivity contribution >= 4 is 16.9 Å². The van der Waals surface area contributed by atoms with Gasteiger partial charge in [0.05, 0.1) is 23.7 Å². The van der Waals surface area contributed by atoms with Crippen molar-refractivity contribution in [3.8, 4) is 22.6 Å². The topological polar surface area (TPSA) is 98.5 Å². The SMILES string of the molecule is CC(C)(C)[C@@H]1Cc2c(cc(-c3cnco3)c3occc23)-c2cc(=O)c(C(=O)O)cn21. The molecule has 4 aromatic rings. The van der Waals surface area contributed by atoms with Gasteiger partial charge in [0.15, 0.2) is 17.6 Å². The Kier molecular flexibility index (Phi) is 3.80. The molecular formula is C23H20N2O5. The van der Waals surface area contributed by atoms with E-state index in [2.05, 4.69) is 25.8 Å². The number of nitrogens with zero attached hydrogens (tertiary/aromatic N) is 2. The molecular weight excluding hydrogens is 384 g/mol. The zero-order valence-electron chi connectivity index (χ0n) is 16.8. The number of pyridine rings is 1. The van der Waals surface area contributed by atoms with Crippen LogP contribution in [0.15, 0.2) is 56.9 Å². The van der Waals surface area contributed by atoms with Gasteiger partial charge in [-0.2, -0.15) is 0 Å². The van der Waals surface area contributed by atoms with Gasteiger partial charge in [-0.15, -0.1) is 0 Å². The van der Waals surface area contributed by atoms with E-state index >= 15 is 0 Å². The van der Waals surface area contributed by atoms with Crippen LogP contribution in [-0.2, 0) is 6.42 Å². The van der Waals surface area contributed by atoms with Crippen molar-refractivity contribution < 1.29 is 18.7 Å². The predicted molar refractivity (Wildman–Crippen MR) is 111 cm³/mol. The fourth-order valence-electron chi connectivity index (χ4n) is 4.38. The van der Waals surface area contributed by atoms with Crippen molar-refractivity contribution in [2.45, 2.75) is 33.2 Å². The van der Waals surface area contributed by atoms with Crippen molar-refractivity contribution in [3.63, 3.8) is 0 Å². The molecule has 1 aromatic carbocycles. The largest absolute Gasteiger partial charge is 0.477 e. The lowest BCUT2D eigenvalue weighted by atomic mass is 9.77. The van der Waals surface area contributed by atoms with Crippen molar-refractivity contribution in [1.29, 1.82) is 0 Å².